The average Bonchev–Trinajstić information content (AvgIpc) is 2.81. The molecule has 0 aliphatic carbocycles. The first-order valence-corrected chi connectivity index (χ1v) is 8.82. The number of benzene rings is 1. The molecule has 1 aromatic carbocycles. The van der Waals surface area contributed by atoms with Crippen molar-refractivity contribution in [3.05, 3.63) is 34.7 Å². The second kappa shape index (κ2) is 7.92. The number of hydrogen-bond acceptors (Lipinski definition) is 3. The maximum absolute atomic E-state index is 3.48. The van der Waals surface area contributed by atoms with Gasteiger partial charge < -0.3 is 10.2 Å². The van der Waals surface area contributed by atoms with Crippen LogP contribution in [0.25, 0.3) is 10.1 Å². The number of nitrogens with one attached hydrogen (secondary N) is 1. The van der Waals surface area contributed by atoms with Crippen molar-refractivity contribution < 1.29 is 0 Å². The minimum absolute atomic E-state index is 0.771. The smallest absolute Gasteiger partial charge is 0.0349 e. The summed E-state index contributed by atoms with van der Waals surface area (Å²) in [4.78, 5) is 3.96. The molecule has 21 heavy (non-hydrogen) atoms. The van der Waals surface area contributed by atoms with E-state index in [1.54, 1.807) is 0 Å². The molecule has 116 valence electrons. The highest BCUT2D eigenvalue weighted by atomic mass is 32.1. The van der Waals surface area contributed by atoms with Crippen LogP contribution in [-0.4, -0.2) is 25.0 Å². The van der Waals surface area contributed by atoms with E-state index in [1.807, 2.05) is 11.3 Å². The molecule has 0 aliphatic rings. The second-order valence-corrected chi connectivity index (χ2v) is 7.34. The molecule has 2 rings (SSSR count). The minimum Gasteiger partial charge on any atom is -0.312 e. The molecule has 0 radical (unpaired) electrons. The lowest BCUT2D eigenvalue weighted by atomic mass is 10.1. The first kappa shape index (κ1) is 16.5. The van der Waals surface area contributed by atoms with Crippen molar-refractivity contribution in [1.82, 2.24) is 10.2 Å². The van der Waals surface area contributed by atoms with Gasteiger partial charge in [0.25, 0.3) is 0 Å². The topological polar surface area (TPSA) is 15.3 Å². The number of thiophene rings is 1. The summed E-state index contributed by atoms with van der Waals surface area (Å²) >= 11 is 1.94. The van der Waals surface area contributed by atoms with Gasteiger partial charge in [0, 0.05) is 22.7 Å². The van der Waals surface area contributed by atoms with Crippen LogP contribution in [0.3, 0.4) is 0 Å². The normalized spacial score (nSPS) is 11.9. The van der Waals surface area contributed by atoms with E-state index in [9.17, 15) is 0 Å². The van der Waals surface area contributed by atoms with Gasteiger partial charge in [-0.1, -0.05) is 39.0 Å². The van der Waals surface area contributed by atoms with Gasteiger partial charge in [0.15, 0.2) is 0 Å². The Bertz CT molecular complexity index is 559. The van der Waals surface area contributed by atoms with Crippen LogP contribution in [0.1, 0.15) is 37.6 Å². The summed E-state index contributed by atoms with van der Waals surface area (Å²) in [7, 11) is 2.24. The van der Waals surface area contributed by atoms with Crippen LogP contribution in [0.5, 0.6) is 0 Å². The molecule has 0 atom stereocenters. The van der Waals surface area contributed by atoms with Gasteiger partial charge in [0.1, 0.15) is 0 Å². The molecule has 0 aliphatic heterocycles. The van der Waals surface area contributed by atoms with Crippen molar-refractivity contribution in [3.63, 3.8) is 0 Å². The van der Waals surface area contributed by atoms with E-state index >= 15 is 0 Å². The molecule has 2 nitrogen and oxygen atoms in total. The second-order valence-electron chi connectivity index (χ2n) is 6.20. The Kier molecular flexibility index (Phi) is 6.22. The zero-order chi connectivity index (χ0) is 15.2. The first-order valence-electron chi connectivity index (χ1n) is 8.00. The molecule has 0 fully saturated rings. The predicted molar refractivity (Wildman–Crippen MR) is 95.0 cm³/mol. The van der Waals surface area contributed by atoms with Crippen molar-refractivity contribution >= 4 is 21.4 Å². The van der Waals surface area contributed by atoms with Gasteiger partial charge in [0.05, 0.1) is 0 Å². The summed E-state index contributed by atoms with van der Waals surface area (Å²) in [5, 5.41) is 4.92. The third-order valence-corrected chi connectivity index (χ3v) is 5.05. The molecule has 0 amide bonds. The number of nitrogens with zero attached hydrogens (tertiary/aromatic N) is 1. The van der Waals surface area contributed by atoms with Crippen molar-refractivity contribution in [1.29, 1.82) is 0 Å². The lowest BCUT2D eigenvalue weighted by molar-refractivity contribution is 0.304. The molecule has 1 N–H and O–H groups in total. The summed E-state index contributed by atoms with van der Waals surface area (Å²) < 4.78 is 1.41. The summed E-state index contributed by atoms with van der Waals surface area (Å²) in [6.07, 6.45) is 1.26. The monoisotopic (exact) mass is 304 g/mol. The molecule has 0 unspecified atom stereocenters. The maximum Gasteiger partial charge on any atom is 0.0349 e. The number of rotatable bonds is 8. The Balaban J connectivity index is 2.18. The molecular weight excluding hydrogens is 276 g/mol. The van der Waals surface area contributed by atoms with Crippen molar-refractivity contribution in [2.24, 2.45) is 5.92 Å². The van der Waals surface area contributed by atoms with Crippen LogP contribution < -0.4 is 5.32 Å². The SMILES string of the molecule is CCNCc1sc2ccccc2c1CN(C)CCC(C)C. The summed E-state index contributed by atoms with van der Waals surface area (Å²) in [5.41, 5.74) is 1.52. The van der Waals surface area contributed by atoms with E-state index in [-0.39, 0.29) is 0 Å². The molecule has 1 aromatic heterocycles. The van der Waals surface area contributed by atoms with Gasteiger partial charge in [-0.2, -0.15) is 0 Å². The fourth-order valence-corrected chi connectivity index (χ4v) is 3.72. The minimum atomic E-state index is 0.771. The van der Waals surface area contributed by atoms with E-state index in [0.717, 1.165) is 25.6 Å². The first-order chi connectivity index (χ1) is 10.1. The Morgan fingerprint density at radius 2 is 2.00 bits per heavy atom. The molecule has 0 spiro atoms. The highest BCUT2D eigenvalue weighted by Gasteiger charge is 2.13. The molecule has 0 saturated heterocycles. The summed E-state index contributed by atoms with van der Waals surface area (Å²) in [6, 6.07) is 8.81. The highest BCUT2D eigenvalue weighted by molar-refractivity contribution is 7.19. The van der Waals surface area contributed by atoms with Gasteiger partial charge >= 0.3 is 0 Å². The summed E-state index contributed by atoms with van der Waals surface area (Å²) in [5.74, 6) is 0.771. The fraction of sp³-hybridized carbons (Fsp3) is 0.556. The lowest BCUT2D eigenvalue weighted by Gasteiger charge is -2.18. The van der Waals surface area contributed by atoms with Crippen LogP contribution in [0.15, 0.2) is 24.3 Å². The Labute approximate surface area is 133 Å². The Hall–Kier alpha value is -0.900. The molecule has 0 bridgehead atoms. The third-order valence-electron chi connectivity index (χ3n) is 3.83. The van der Waals surface area contributed by atoms with Crippen LogP contribution in [0.2, 0.25) is 0 Å². The Morgan fingerprint density at radius 3 is 2.71 bits per heavy atom. The van der Waals surface area contributed by atoms with Crippen LogP contribution in [0.4, 0.5) is 0 Å². The number of hydrogen-bond donors (Lipinski definition) is 1. The van der Waals surface area contributed by atoms with Crippen molar-refractivity contribution in [2.45, 2.75) is 40.3 Å². The van der Waals surface area contributed by atoms with Crippen LogP contribution in [-0.2, 0) is 13.1 Å². The molecule has 2 aromatic rings. The lowest BCUT2D eigenvalue weighted by Crippen LogP contribution is -2.21. The van der Waals surface area contributed by atoms with E-state index in [0.29, 0.717) is 0 Å². The van der Waals surface area contributed by atoms with Crippen LogP contribution >= 0.6 is 11.3 Å². The van der Waals surface area contributed by atoms with Gasteiger partial charge in [-0.05, 0) is 49.5 Å². The van der Waals surface area contributed by atoms with E-state index < -0.39 is 0 Å². The molecule has 3 heteroatoms. The van der Waals surface area contributed by atoms with Crippen molar-refractivity contribution in [2.75, 3.05) is 20.1 Å². The molecule has 0 saturated carbocycles. The third kappa shape index (κ3) is 4.53. The fourth-order valence-electron chi connectivity index (χ4n) is 2.53. The van der Waals surface area contributed by atoms with E-state index in [1.165, 1.54) is 33.5 Å². The maximum atomic E-state index is 3.48. The largest absolute Gasteiger partial charge is 0.312 e. The van der Waals surface area contributed by atoms with E-state index in [2.05, 4.69) is 62.3 Å². The van der Waals surface area contributed by atoms with Crippen molar-refractivity contribution in [3.8, 4) is 0 Å². The zero-order valence-electron chi connectivity index (χ0n) is 13.8. The molecular formula is C18H28N2S. The summed E-state index contributed by atoms with van der Waals surface area (Å²) in [6.45, 7) is 11.0. The average molecular weight is 305 g/mol. The number of fused-ring (bicyclic) bond motifs is 1. The van der Waals surface area contributed by atoms with Gasteiger partial charge in [0.2, 0.25) is 0 Å². The molecule has 1 heterocycles. The van der Waals surface area contributed by atoms with Crippen LogP contribution in [0, 0.1) is 5.92 Å². The predicted octanol–water partition coefficient (Wildman–Crippen LogP) is 4.49. The van der Waals surface area contributed by atoms with Gasteiger partial charge in [-0.25, -0.2) is 0 Å². The van der Waals surface area contributed by atoms with Gasteiger partial charge in [-0.3, -0.25) is 0 Å². The zero-order valence-corrected chi connectivity index (χ0v) is 14.6. The Morgan fingerprint density at radius 1 is 1.24 bits per heavy atom. The highest BCUT2D eigenvalue weighted by Crippen LogP contribution is 2.32. The van der Waals surface area contributed by atoms with Gasteiger partial charge in [-0.15, -0.1) is 11.3 Å². The standard InChI is InChI=1S/C18H28N2S/c1-5-19-12-18-16(13-20(4)11-10-14(2)3)15-8-6-7-9-17(15)21-18/h6-9,14,19H,5,10-13H2,1-4H3. The van der Waals surface area contributed by atoms with E-state index in [4.69, 9.17) is 0 Å². The quantitative estimate of drug-likeness (QED) is 0.773.